The molecule has 1 aromatic rings. The van der Waals surface area contributed by atoms with Gasteiger partial charge in [-0.3, -0.25) is 0 Å². The summed E-state index contributed by atoms with van der Waals surface area (Å²) in [4.78, 5) is 0. The van der Waals surface area contributed by atoms with E-state index >= 15 is 0 Å². The summed E-state index contributed by atoms with van der Waals surface area (Å²) in [5, 5.41) is 29.2. The van der Waals surface area contributed by atoms with Crippen LogP contribution in [0.15, 0.2) is 39.4 Å². The topological polar surface area (TPSA) is 94.8 Å². The van der Waals surface area contributed by atoms with Crippen molar-refractivity contribution in [2.24, 2.45) is 0 Å². The van der Waals surface area contributed by atoms with Crippen molar-refractivity contribution in [3.05, 3.63) is 45.0 Å². The van der Waals surface area contributed by atoms with E-state index in [0.29, 0.717) is 30.4 Å². The second-order valence-electron chi connectivity index (χ2n) is 7.04. The number of benzene rings is 1. The lowest BCUT2D eigenvalue weighted by Crippen LogP contribution is -2.29. The largest absolute Gasteiger partial charge is 0.507 e. The van der Waals surface area contributed by atoms with E-state index in [2.05, 4.69) is 15.9 Å². The van der Waals surface area contributed by atoms with Crippen LogP contribution in [0.2, 0.25) is 0 Å². The summed E-state index contributed by atoms with van der Waals surface area (Å²) in [6, 6.07) is 5.17. The molecule has 0 bridgehead atoms. The molecule has 0 fully saturated rings. The molecule has 1 aliphatic heterocycles. The van der Waals surface area contributed by atoms with Gasteiger partial charge in [0, 0.05) is 10.0 Å². The molecule has 0 saturated heterocycles. The molecule has 7 heteroatoms. The number of aromatic hydroxyl groups is 1. The van der Waals surface area contributed by atoms with Gasteiger partial charge < -0.3 is 15.3 Å². The number of aliphatic hydroxyl groups is 2. The summed E-state index contributed by atoms with van der Waals surface area (Å²) >= 11 is 3.37. The third-order valence-electron chi connectivity index (χ3n) is 4.84. The van der Waals surface area contributed by atoms with Gasteiger partial charge in [-0.25, -0.2) is 8.42 Å². The first-order valence-electron chi connectivity index (χ1n) is 9.07. The molecule has 1 heterocycles. The van der Waals surface area contributed by atoms with Crippen LogP contribution in [-0.4, -0.2) is 47.5 Å². The highest BCUT2D eigenvalue weighted by molar-refractivity contribution is 9.10. The van der Waals surface area contributed by atoms with Crippen molar-refractivity contribution in [1.82, 2.24) is 0 Å². The van der Waals surface area contributed by atoms with Crippen molar-refractivity contribution >= 4 is 31.8 Å². The molecule has 2 rings (SSSR count). The molecule has 0 saturated carbocycles. The Hall–Kier alpha value is -1.15. The molecule has 5 nitrogen and oxygen atoms in total. The SMILES string of the molecule is CCCC1=C([C@H](O)CC/C(C)=C/c2cc(Br)ccc2O)[C@H](CO)S(=O)(=O)C1. The molecule has 0 aromatic heterocycles. The van der Waals surface area contributed by atoms with Gasteiger partial charge in [-0.05, 0) is 50.0 Å². The minimum atomic E-state index is -3.44. The monoisotopic (exact) mass is 458 g/mol. The number of halogens is 1. The third kappa shape index (κ3) is 5.44. The molecular weight excluding hydrogens is 432 g/mol. The van der Waals surface area contributed by atoms with Crippen LogP contribution in [0.3, 0.4) is 0 Å². The van der Waals surface area contributed by atoms with Crippen LogP contribution < -0.4 is 0 Å². The third-order valence-corrected chi connectivity index (χ3v) is 7.36. The van der Waals surface area contributed by atoms with Crippen molar-refractivity contribution < 1.29 is 23.7 Å². The van der Waals surface area contributed by atoms with E-state index in [1.165, 1.54) is 0 Å². The van der Waals surface area contributed by atoms with Gasteiger partial charge in [0.2, 0.25) is 0 Å². The van der Waals surface area contributed by atoms with Crippen molar-refractivity contribution in [2.75, 3.05) is 12.4 Å². The fourth-order valence-electron chi connectivity index (χ4n) is 3.53. The van der Waals surface area contributed by atoms with E-state index < -0.39 is 27.8 Å². The summed E-state index contributed by atoms with van der Waals surface area (Å²) < 4.78 is 25.4. The number of phenols is 1. The van der Waals surface area contributed by atoms with Crippen LogP contribution >= 0.6 is 15.9 Å². The van der Waals surface area contributed by atoms with Gasteiger partial charge in [-0.1, -0.05) is 46.5 Å². The highest BCUT2D eigenvalue weighted by atomic mass is 79.9. The van der Waals surface area contributed by atoms with Crippen molar-refractivity contribution in [3.8, 4) is 5.75 Å². The fraction of sp³-hybridized carbons (Fsp3) is 0.500. The Kier molecular flexibility index (Phi) is 7.68. The van der Waals surface area contributed by atoms with Crippen molar-refractivity contribution in [3.63, 3.8) is 0 Å². The van der Waals surface area contributed by atoms with E-state index in [0.717, 1.165) is 22.0 Å². The molecule has 1 aliphatic rings. The quantitative estimate of drug-likeness (QED) is 0.517. The van der Waals surface area contributed by atoms with Gasteiger partial charge >= 0.3 is 0 Å². The number of allylic oxidation sites excluding steroid dienone is 1. The summed E-state index contributed by atoms with van der Waals surface area (Å²) in [6.07, 6.45) is 3.27. The molecule has 27 heavy (non-hydrogen) atoms. The predicted octanol–water partition coefficient (Wildman–Crippen LogP) is 3.59. The maximum absolute atomic E-state index is 12.3. The Balaban J connectivity index is 2.15. The zero-order valence-electron chi connectivity index (χ0n) is 15.7. The number of sulfone groups is 1. The van der Waals surface area contributed by atoms with Gasteiger partial charge in [0.05, 0.1) is 18.5 Å². The van der Waals surface area contributed by atoms with Gasteiger partial charge in [0.1, 0.15) is 11.0 Å². The summed E-state index contributed by atoms with van der Waals surface area (Å²) in [6.45, 7) is 3.37. The Labute approximate surface area is 169 Å². The first kappa shape index (κ1) is 22.1. The van der Waals surface area contributed by atoms with Crippen LogP contribution in [0.1, 0.15) is 45.1 Å². The predicted molar refractivity (Wildman–Crippen MR) is 111 cm³/mol. The zero-order valence-corrected chi connectivity index (χ0v) is 18.1. The zero-order chi connectivity index (χ0) is 20.2. The van der Waals surface area contributed by atoms with Gasteiger partial charge in [-0.15, -0.1) is 0 Å². The molecule has 1 aromatic carbocycles. The smallest absolute Gasteiger partial charge is 0.163 e. The van der Waals surface area contributed by atoms with E-state index in [1.54, 1.807) is 12.1 Å². The minimum absolute atomic E-state index is 0.0702. The maximum Gasteiger partial charge on any atom is 0.163 e. The fourth-order valence-corrected chi connectivity index (χ4v) is 5.84. The Morgan fingerprint density at radius 2 is 2.11 bits per heavy atom. The molecule has 0 spiro atoms. The lowest BCUT2D eigenvalue weighted by Gasteiger charge is -2.19. The average Bonchev–Trinajstić information content (AvgIpc) is 2.85. The second-order valence-corrected chi connectivity index (χ2v) is 10.1. The van der Waals surface area contributed by atoms with Crippen LogP contribution in [0.25, 0.3) is 6.08 Å². The molecule has 0 radical (unpaired) electrons. The lowest BCUT2D eigenvalue weighted by atomic mass is 9.93. The van der Waals surface area contributed by atoms with Crippen molar-refractivity contribution in [1.29, 1.82) is 0 Å². The van der Waals surface area contributed by atoms with Gasteiger partial charge in [0.15, 0.2) is 9.84 Å². The number of phenolic OH excluding ortho intramolecular Hbond substituents is 1. The maximum atomic E-state index is 12.3. The van der Waals surface area contributed by atoms with Crippen LogP contribution in [-0.2, 0) is 9.84 Å². The standard InChI is InChI=1S/C20H27BrO5S/c1-3-4-14-12-27(25,26)19(11-22)20(14)18(24)7-5-13(2)9-15-10-16(21)6-8-17(15)23/h6,8-10,18-19,22-24H,3-5,7,11-12H2,1-2H3/b13-9+/t18-,19+/m1/s1. The lowest BCUT2D eigenvalue weighted by molar-refractivity contribution is 0.188. The van der Waals surface area contributed by atoms with Crippen LogP contribution in [0, 0.1) is 0 Å². The minimum Gasteiger partial charge on any atom is -0.507 e. The van der Waals surface area contributed by atoms with E-state index in [4.69, 9.17) is 0 Å². The molecule has 3 N–H and O–H groups in total. The van der Waals surface area contributed by atoms with E-state index in [9.17, 15) is 23.7 Å². The molecule has 150 valence electrons. The second kappa shape index (κ2) is 9.37. The molecular formula is C20H27BrO5S. The van der Waals surface area contributed by atoms with Crippen LogP contribution in [0.5, 0.6) is 5.75 Å². The number of hydrogen-bond acceptors (Lipinski definition) is 5. The summed E-state index contributed by atoms with van der Waals surface area (Å²) in [5.74, 6) is 0.104. The summed E-state index contributed by atoms with van der Waals surface area (Å²) in [7, 11) is -3.44. The number of aliphatic hydroxyl groups excluding tert-OH is 2. The first-order chi connectivity index (χ1) is 12.7. The van der Waals surface area contributed by atoms with Gasteiger partial charge in [-0.2, -0.15) is 0 Å². The van der Waals surface area contributed by atoms with E-state index in [-0.39, 0.29) is 11.5 Å². The number of rotatable bonds is 8. The number of hydrogen-bond donors (Lipinski definition) is 3. The average molecular weight is 459 g/mol. The molecule has 0 unspecified atom stereocenters. The Morgan fingerprint density at radius 1 is 1.41 bits per heavy atom. The van der Waals surface area contributed by atoms with Crippen LogP contribution in [0.4, 0.5) is 0 Å². The highest BCUT2D eigenvalue weighted by Gasteiger charge is 2.40. The summed E-state index contributed by atoms with van der Waals surface area (Å²) in [5.41, 5.74) is 2.87. The molecule has 0 aliphatic carbocycles. The first-order valence-corrected chi connectivity index (χ1v) is 11.6. The van der Waals surface area contributed by atoms with Gasteiger partial charge in [0.25, 0.3) is 0 Å². The highest BCUT2D eigenvalue weighted by Crippen LogP contribution is 2.34. The molecule has 2 atom stereocenters. The normalized spacial score (nSPS) is 20.9. The Morgan fingerprint density at radius 3 is 2.74 bits per heavy atom. The molecule has 0 amide bonds. The Bertz CT molecular complexity index is 842. The van der Waals surface area contributed by atoms with E-state index in [1.807, 2.05) is 26.0 Å². The van der Waals surface area contributed by atoms with Crippen molar-refractivity contribution in [2.45, 2.75) is 50.9 Å².